The molecule has 92 valence electrons. The van der Waals surface area contributed by atoms with Crippen molar-refractivity contribution in [3.8, 4) is 0 Å². The summed E-state index contributed by atoms with van der Waals surface area (Å²) in [5.41, 5.74) is 8.25. The van der Waals surface area contributed by atoms with Crippen molar-refractivity contribution in [2.45, 2.75) is 39.4 Å². The molecule has 2 aromatic rings. The van der Waals surface area contributed by atoms with Crippen LogP contribution in [-0.2, 0) is 13.1 Å². The van der Waals surface area contributed by atoms with Gasteiger partial charge in [0.1, 0.15) is 0 Å². The molecule has 0 saturated carbocycles. The fourth-order valence-electron chi connectivity index (χ4n) is 1.94. The van der Waals surface area contributed by atoms with Crippen molar-refractivity contribution < 1.29 is 0 Å². The van der Waals surface area contributed by atoms with Crippen LogP contribution in [0.1, 0.15) is 37.6 Å². The van der Waals surface area contributed by atoms with Crippen molar-refractivity contribution in [1.29, 1.82) is 0 Å². The quantitative estimate of drug-likeness (QED) is 0.858. The van der Waals surface area contributed by atoms with Crippen molar-refractivity contribution in [2.24, 2.45) is 5.73 Å². The normalized spacial score (nSPS) is 12.9. The summed E-state index contributed by atoms with van der Waals surface area (Å²) in [7, 11) is 0. The monoisotopic (exact) mass is 232 g/mol. The van der Waals surface area contributed by atoms with Gasteiger partial charge in [-0.25, -0.2) is 4.98 Å². The topological polar surface area (TPSA) is 48.8 Å². The Kier molecular flexibility index (Phi) is 3.64. The maximum absolute atomic E-state index is 5.85. The molecule has 0 saturated heterocycles. The molecule has 0 aromatic carbocycles. The smallest absolute Gasteiger partial charge is 0.0948 e. The maximum atomic E-state index is 5.85. The lowest BCUT2D eigenvalue weighted by Crippen LogP contribution is -2.06. The van der Waals surface area contributed by atoms with Crippen molar-refractivity contribution in [1.82, 2.24) is 14.1 Å². The van der Waals surface area contributed by atoms with E-state index in [-0.39, 0.29) is 6.04 Å². The molecule has 0 aliphatic carbocycles. The van der Waals surface area contributed by atoms with Gasteiger partial charge in [-0.3, -0.25) is 0 Å². The predicted octanol–water partition coefficient (Wildman–Crippen LogP) is 2.16. The highest BCUT2D eigenvalue weighted by Gasteiger charge is 2.05. The van der Waals surface area contributed by atoms with Gasteiger partial charge < -0.3 is 14.9 Å². The number of aromatic nitrogens is 3. The fraction of sp³-hybridized carbons (Fsp3) is 0.462. The first-order valence-corrected chi connectivity index (χ1v) is 6.11. The molecule has 4 nitrogen and oxygen atoms in total. The summed E-state index contributed by atoms with van der Waals surface area (Å²) in [4.78, 5) is 4.20. The SMILES string of the molecule is CCCn1cncc1Cn1ccc(C(C)N)c1. The summed E-state index contributed by atoms with van der Waals surface area (Å²) in [6.45, 7) is 6.05. The Morgan fingerprint density at radius 2 is 2.29 bits per heavy atom. The third-order valence-electron chi connectivity index (χ3n) is 2.91. The van der Waals surface area contributed by atoms with Crippen LogP contribution in [0.4, 0.5) is 0 Å². The van der Waals surface area contributed by atoms with E-state index in [1.54, 1.807) is 0 Å². The number of imidazole rings is 1. The minimum Gasteiger partial charge on any atom is -0.348 e. The molecule has 1 atom stereocenters. The predicted molar refractivity (Wildman–Crippen MR) is 68.7 cm³/mol. The van der Waals surface area contributed by atoms with Crippen LogP contribution in [0.15, 0.2) is 31.0 Å². The lowest BCUT2D eigenvalue weighted by Gasteiger charge is -2.07. The number of hydrogen-bond donors (Lipinski definition) is 1. The first-order chi connectivity index (χ1) is 8.20. The van der Waals surface area contributed by atoms with Crippen LogP contribution in [-0.4, -0.2) is 14.1 Å². The first kappa shape index (κ1) is 11.9. The van der Waals surface area contributed by atoms with Gasteiger partial charge in [0.15, 0.2) is 0 Å². The molecule has 0 fully saturated rings. The summed E-state index contributed by atoms with van der Waals surface area (Å²) in [5.74, 6) is 0. The highest BCUT2D eigenvalue weighted by molar-refractivity contribution is 5.15. The molecule has 0 aliphatic rings. The molecule has 2 N–H and O–H groups in total. The first-order valence-electron chi connectivity index (χ1n) is 6.11. The highest BCUT2D eigenvalue weighted by atomic mass is 15.1. The maximum Gasteiger partial charge on any atom is 0.0948 e. The average molecular weight is 232 g/mol. The van der Waals surface area contributed by atoms with Crippen molar-refractivity contribution in [3.05, 3.63) is 42.2 Å². The fourth-order valence-corrected chi connectivity index (χ4v) is 1.94. The average Bonchev–Trinajstić information content (AvgIpc) is 2.90. The van der Waals surface area contributed by atoms with E-state index >= 15 is 0 Å². The second kappa shape index (κ2) is 5.19. The molecule has 1 unspecified atom stereocenters. The molecule has 2 aromatic heterocycles. The number of nitrogens with zero attached hydrogens (tertiary/aromatic N) is 3. The second-order valence-electron chi connectivity index (χ2n) is 4.48. The minimum absolute atomic E-state index is 0.0943. The van der Waals surface area contributed by atoms with Crippen molar-refractivity contribution >= 4 is 0 Å². The molecule has 0 aliphatic heterocycles. The van der Waals surface area contributed by atoms with E-state index in [2.05, 4.69) is 39.5 Å². The zero-order valence-corrected chi connectivity index (χ0v) is 10.5. The molecular formula is C13H20N4. The third kappa shape index (κ3) is 2.77. The van der Waals surface area contributed by atoms with Gasteiger partial charge in [-0.15, -0.1) is 0 Å². The van der Waals surface area contributed by atoms with Crippen LogP contribution in [0.5, 0.6) is 0 Å². The van der Waals surface area contributed by atoms with E-state index in [1.807, 2.05) is 19.4 Å². The molecule has 0 spiro atoms. The van der Waals surface area contributed by atoms with Gasteiger partial charge in [0, 0.05) is 31.2 Å². The Morgan fingerprint density at radius 3 is 2.94 bits per heavy atom. The number of aryl methyl sites for hydroxylation is 1. The molecule has 0 radical (unpaired) electrons. The Labute approximate surface area is 102 Å². The molecule has 0 bridgehead atoms. The van der Waals surface area contributed by atoms with Gasteiger partial charge >= 0.3 is 0 Å². The molecule has 17 heavy (non-hydrogen) atoms. The second-order valence-corrected chi connectivity index (χ2v) is 4.48. The van der Waals surface area contributed by atoms with Gasteiger partial charge in [0.05, 0.1) is 18.6 Å². The van der Waals surface area contributed by atoms with Gasteiger partial charge in [-0.1, -0.05) is 6.92 Å². The zero-order chi connectivity index (χ0) is 12.3. The van der Waals surface area contributed by atoms with E-state index in [4.69, 9.17) is 5.73 Å². The van der Waals surface area contributed by atoms with E-state index in [1.165, 1.54) is 11.3 Å². The highest BCUT2D eigenvalue weighted by Crippen LogP contribution is 2.11. The van der Waals surface area contributed by atoms with Crippen LogP contribution in [0.2, 0.25) is 0 Å². The lowest BCUT2D eigenvalue weighted by molar-refractivity contribution is 0.623. The van der Waals surface area contributed by atoms with Crippen LogP contribution in [0.25, 0.3) is 0 Å². The van der Waals surface area contributed by atoms with Crippen LogP contribution < -0.4 is 5.73 Å². The van der Waals surface area contributed by atoms with Crippen molar-refractivity contribution in [3.63, 3.8) is 0 Å². The lowest BCUT2D eigenvalue weighted by atomic mass is 10.2. The van der Waals surface area contributed by atoms with E-state index < -0.39 is 0 Å². The summed E-state index contributed by atoms with van der Waals surface area (Å²) < 4.78 is 4.35. The molecular weight excluding hydrogens is 212 g/mol. The Bertz CT molecular complexity index is 467. The van der Waals surface area contributed by atoms with Crippen LogP contribution >= 0.6 is 0 Å². The van der Waals surface area contributed by atoms with Crippen molar-refractivity contribution in [2.75, 3.05) is 0 Å². The van der Waals surface area contributed by atoms with Gasteiger partial charge in [-0.2, -0.15) is 0 Å². The number of nitrogens with two attached hydrogens (primary N) is 1. The summed E-state index contributed by atoms with van der Waals surface area (Å²) >= 11 is 0. The molecule has 2 rings (SSSR count). The zero-order valence-electron chi connectivity index (χ0n) is 10.5. The molecule has 4 heteroatoms. The Hall–Kier alpha value is -1.55. The van der Waals surface area contributed by atoms with Gasteiger partial charge in [0.25, 0.3) is 0 Å². The summed E-state index contributed by atoms with van der Waals surface area (Å²) in [6.07, 6.45) is 9.13. The van der Waals surface area contributed by atoms with Crippen LogP contribution in [0.3, 0.4) is 0 Å². The minimum atomic E-state index is 0.0943. The van der Waals surface area contributed by atoms with Gasteiger partial charge in [0.2, 0.25) is 0 Å². The Balaban J connectivity index is 2.11. The summed E-state index contributed by atoms with van der Waals surface area (Å²) in [6, 6.07) is 2.17. The largest absolute Gasteiger partial charge is 0.348 e. The van der Waals surface area contributed by atoms with E-state index in [0.717, 1.165) is 19.5 Å². The van der Waals surface area contributed by atoms with Gasteiger partial charge in [-0.05, 0) is 25.0 Å². The Morgan fingerprint density at radius 1 is 1.47 bits per heavy atom. The van der Waals surface area contributed by atoms with E-state index in [0.29, 0.717) is 0 Å². The molecule has 2 heterocycles. The standard InChI is InChI=1S/C13H20N4/c1-3-5-17-10-15-7-13(17)9-16-6-4-12(8-16)11(2)14/h4,6-8,10-11H,3,5,9,14H2,1-2H3. The van der Waals surface area contributed by atoms with Crippen LogP contribution in [0, 0.1) is 0 Å². The number of rotatable bonds is 5. The summed E-state index contributed by atoms with van der Waals surface area (Å²) in [5, 5.41) is 0. The number of hydrogen-bond acceptors (Lipinski definition) is 2. The third-order valence-corrected chi connectivity index (χ3v) is 2.91. The van der Waals surface area contributed by atoms with E-state index in [9.17, 15) is 0 Å². The molecule has 0 amide bonds.